The Morgan fingerprint density at radius 2 is 1.30 bits per heavy atom. The van der Waals surface area contributed by atoms with Crippen LogP contribution in [0.3, 0.4) is 0 Å². The Hall–Kier alpha value is -4.05. The van der Waals surface area contributed by atoms with Crippen molar-refractivity contribution < 1.29 is 15.0 Å². The molecule has 4 aromatic carbocycles. The number of phenolic OH excluding ortho intramolecular Hbond substituents is 2. The summed E-state index contributed by atoms with van der Waals surface area (Å²) < 4.78 is 0. The second-order valence-corrected chi connectivity index (χ2v) is 7.31. The standard InChI is InChI=1S/C26H19NO3/c28-20-13-9-17(10-14-20)22-7-4-8-23-24(22)26(30)25(18-11-15-21(29)16-12-18)27(23)19-5-2-1-3-6-19/h1-16,25,28-29H. The van der Waals surface area contributed by atoms with E-state index in [1.165, 1.54) is 0 Å². The zero-order valence-electron chi connectivity index (χ0n) is 16.1. The molecule has 146 valence electrons. The molecule has 0 bridgehead atoms. The summed E-state index contributed by atoms with van der Waals surface area (Å²) in [6.45, 7) is 0. The maximum Gasteiger partial charge on any atom is 0.192 e. The van der Waals surface area contributed by atoms with Gasteiger partial charge in [0.25, 0.3) is 0 Å². The van der Waals surface area contributed by atoms with Crippen LogP contribution in [0.1, 0.15) is 22.0 Å². The topological polar surface area (TPSA) is 60.8 Å². The zero-order valence-corrected chi connectivity index (χ0v) is 16.1. The lowest BCUT2D eigenvalue weighted by Crippen LogP contribution is -2.23. The SMILES string of the molecule is O=C1c2c(-c3ccc(O)cc3)cccc2N(c2ccccc2)C1c1ccc(O)cc1. The van der Waals surface area contributed by atoms with Gasteiger partial charge in [-0.1, -0.05) is 54.6 Å². The molecular formula is C26H19NO3. The molecule has 4 nitrogen and oxygen atoms in total. The lowest BCUT2D eigenvalue weighted by molar-refractivity contribution is 0.0974. The largest absolute Gasteiger partial charge is 0.508 e. The molecule has 0 saturated heterocycles. The van der Waals surface area contributed by atoms with Crippen LogP contribution in [0.4, 0.5) is 11.4 Å². The molecule has 0 fully saturated rings. The maximum absolute atomic E-state index is 13.8. The van der Waals surface area contributed by atoms with Gasteiger partial charge in [-0.05, 0) is 59.2 Å². The van der Waals surface area contributed by atoms with Gasteiger partial charge in [0.05, 0.1) is 11.3 Å². The predicted octanol–water partition coefficient (Wildman–Crippen LogP) is 5.84. The van der Waals surface area contributed by atoms with Gasteiger partial charge in [0.1, 0.15) is 17.5 Å². The third kappa shape index (κ3) is 2.90. The second kappa shape index (κ2) is 7.08. The molecule has 0 aliphatic carbocycles. The first-order valence-electron chi connectivity index (χ1n) is 9.73. The average Bonchev–Trinajstić information content (AvgIpc) is 3.08. The van der Waals surface area contributed by atoms with Crippen molar-refractivity contribution in [3.63, 3.8) is 0 Å². The van der Waals surface area contributed by atoms with Crippen LogP contribution in [0.2, 0.25) is 0 Å². The monoisotopic (exact) mass is 393 g/mol. The molecule has 30 heavy (non-hydrogen) atoms. The van der Waals surface area contributed by atoms with Crippen molar-refractivity contribution >= 4 is 17.2 Å². The number of hydrogen-bond donors (Lipinski definition) is 2. The van der Waals surface area contributed by atoms with Crippen molar-refractivity contribution in [3.05, 3.63) is 108 Å². The fraction of sp³-hybridized carbons (Fsp3) is 0.0385. The van der Waals surface area contributed by atoms with Gasteiger partial charge in [-0.2, -0.15) is 0 Å². The van der Waals surface area contributed by atoms with E-state index in [0.717, 1.165) is 28.1 Å². The molecule has 1 unspecified atom stereocenters. The Balaban J connectivity index is 1.73. The molecule has 1 aliphatic heterocycles. The highest BCUT2D eigenvalue weighted by Gasteiger charge is 2.40. The number of benzene rings is 4. The first kappa shape index (κ1) is 18.0. The number of hydrogen-bond acceptors (Lipinski definition) is 4. The van der Waals surface area contributed by atoms with Crippen LogP contribution >= 0.6 is 0 Å². The first-order chi connectivity index (χ1) is 14.6. The van der Waals surface area contributed by atoms with Crippen LogP contribution in [0.5, 0.6) is 11.5 Å². The third-order valence-corrected chi connectivity index (χ3v) is 5.48. The van der Waals surface area contributed by atoms with Gasteiger partial charge in [0.15, 0.2) is 5.78 Å². The molecule has 4 heteroatoms. The number of nitrogens with zero attached hydrogens (tertiary/aromatic N) is 1. The van der Waals surface area contributed by atoms with Crippen LogP contribution in [0.15, 0.2) is 97.1 Å². The number of fused-ring (bicyclic) bond motifs is 1. The van der Waals surface area contributed by atoms with Crippen molar-refractivity contribution in [2.45, 2.75) is 6.04 Å². The number of rotatable bonds is 3. The number of anilines is 2. The number of Topliss-reactive ketones (excluding diaryl/α,β-unsaturated/α-hetero) is 1. The molecule has 0 spiro atoms. The molecule has 0 radical (unpaired) electrons. The lowest BCUT2D eigenvalue weighted by atomic mass is 9.94. The molecule has 0 amide bonds. The van der Waals surface area contributed by atoms with Gasteiger partial charge in [-0.25, -0.2) is 0 Å². The number of carbonyl (C=O) groups is 1. The van der Waals surface area contributed by atoms with E-state index in [1.807, 2.05) is 65.6 Å². The minimum absolute atomic E-state index is 0.00298. The fourth-order valence-electron chi connectivity index (χ4n) is 4.11. The predicted molar refractivity (Wildman–Crippen MR) is 117 cm³/mol. The van der Waals surface area contributed by atoms with Gasteiger partial charge >= 0.3 is 0 Å². The number of para-hydroxylation sites is 1. The molecule has 4 aromatic rings. The smallest absolute Gasteiger partial charge is 0.192 e. The number of carbonyl (C=O) groups excluding carboxylic acids is 1. The minimum Gasteiger partial charge on any atom is -0.508 e. The van der Waals surface area contributed by atoms with E-state index in [-0.39, 0.29) is 17.3 Å². The Morgan fingerprint density at radius 3 is 1.97 bits per heavy atom. The molecule has 0 saturated carbocycles. The van der Waals surface area contributed by atoms with Gasteiger partial charge < -0.3 is 15.1 Å². The van der Waals surface area contributed by atoms with Crippen molar-refractivity contribution in [1.82, 2.24) is 0 Å². The van der Waals surface area contributed by atoms with Gasteiger partial charge in [-0.3, -0.25) is 4.79 Å². The zero-order chi connectivity index (χ0) is 20.7. The van der Waals surface area contributed by atoms with Crippen molar-refractivity contribution in [1.29, 1.82) is 0 Å². The minimum atomic E-state index is -0.527. The van der Waals surface area contributed by atoms with Crippen molar-refractivity contribution in [2.24, 2.45) is 0 Å². The maximum atomic E-state index is 13.8. The summed E-state index contributed by atoms with van der Waals surface area (Å²) >= 11 is 0. The summed E-state index contributed by atoms with van der Waals surface area (Å²) in [4.78, 5) is 15.8. The highest BCUT2D eigenvalue weighted by atomic mass is 16.3. The molecule has 1 aliphatic rings. The van der Waals surface area contributed by atoms with Crippen LogP contribution in [0.25, 0.3) is 11.1 Å². The Morgan fingerprint density at radius 1 is 0.667 bits per heavy atom. The summed E-state index contributed by atoms with van der Waals surface area (Å²) in [5.74, 6) is 0.353. The van der Waals surface area contributed by atoms with Gasteiger partial charge in [-0.15, -0.1) is 0 Å². The van der Waals surface area contributed by atoms with Crippen molar-refractivity contribution in [3.8, 4) is 22.6 Å². The highest BCUT2D eigenvalue weighted by Crippen LogP contribution is 2.48. The summed E-state index contributed by atoms with van der Waals surface area (Å²) in [6, 6.07) is 28.8. The quantitative estimate of drug-likeness (QED) is 0.459. The van der Waals surface area contributed by atoms with E-state index >= 15 is 0 Å². The first-order valence-corrected chi connectivity index (χ1v) is 9.73. The molecular weight excluding hydrogens is 374 g/mol. The van der Waals surface area contributed by atoms with E-state index in [4.69, 9.17) is 0 Å². The Bertz CT molecular complexity index is 1220. The molecule has 1 heterocycles. The highest BCUT2D eigenvalue weighted by molar-refractivity contribution is 6.17. The fourth-order valence-corrected chi connectivity index (χ4v) is 4.11. The normalized spacial score (nSPS) is 15.3. The number of aromatic hydroxyl groups is 2. The summed E-state index contributed by atoms with van der Waals surface area (Å²) in [6.07, 6.45) is 0. The number of phenols is 2. The van der Waals surface area contributed by atoms with E-state index in [1.54, 1.807) is 36.4 Å². The Kier molecular flexibility index (Phi) is 4.25. The summed E-state index contributed by atoms with van der Waals surface area (Å²) in [5.41, 5.74) is 4.94. The average molecular weight is 393 g/mol. The second-order valence-electron chi connectivity index (χ2n) is 7.31. The van der Waals surface area contributed by atoms with E-state index in [9.17, 15) is 15.0 Å². The summed E-state index contributed by atoms with van der Waals surface area (Å²) in [7, 11) is 0. The number of ketones is 1. The van der Waals surface area contributed by atoms with E-state index < -0.39 is 6.04 Å². The summed E-state index contributed by atoms with van der Waals surface area (Å²) in [5, 5.41) is 19.4. The molecule has 1 atom stereocenters. The van der Waals surface area contributed by atoms with E-state index in [0.29, 0.717) is 5.56 Å². The molecule has 0 aromatic heterocycles. The van der Waals surface area contributed by atoms with E-state index in [2.05, 4.69) is 0 Å². The van der Waals surface area contributed by atoms with Gasteiger partial charge in [0.2, 0.25) is 0 Å². The Labute approximate surface area is 174 Å². The van der Waals surface area contributed by atoms with Crippen LogP contribution in [-0.2, 0) is 0 Å². The van der Waals surface area contributed by atoms with Crippen LogP contribution in [0, 0.1) is 0 Å². The van der Waals surface area contributed by atoms with Crippen LogP contribution < -0.4 is 4.90 Å². The molecule has 2 N–H and O–H groups in total. The van der Waals surface area contributed by atoms with Crippen molar-refractivity contribution in [2.75, 3.05) is 4.90 Å². The van der Waals surface area contributed by atoms with Crippen LogP contribution in [-0.4, -0.2) is 16.0 Å². The third-order valence-electron chi connectivity index (χ3n) is 5.48. The molecule has 5 rings (SSSR count). The lowest BCUT2D eigenvalue weighted by Gasteiger charge is -2.27. The van der Waals surface area contributed by atoms with Gasteiger partial charge in [0, 0.05) is 5.69 Å².